The SMILES string of the molecule is CCNC(=NCCCCc1nc(C)cs1)N(C)CCc1cccs1. The maximum Gasteiger partial charge on any atom is 0.193 e. The molecular weight excluding hydrogens is 336 g/mol. The van der Waals surface area contributed by atoms with Gasteiger partial charge in [-0.25, -0.2) is 4.98 Å². The van der Waals surface area contributed by atoms with Crippen LogP contribution < -0.4 is 5.32 Å². The third-order valence-electron chi connectivity index (χ3n) is 3.70. The number of aromatic nitrogens is 1. The minimum absolute atomic E-state index is 0.871. The molecule has 2 aromatic rings. The molecule has 2 rings (SSSR count). The van der Waals surface area contributed by atoms with Crippen LogP contribution in [-0.4, -0.2) is 42.5 Å². The number of nitrogens with one attached hydrogen (secondary N) is 1. The van der Waals surface area contributed by atoms with Gasteiger partial charge in [-0.1, -0.05) is 6.07 Å². The van der Waals surface area contributed by atoms with E-state index in [2.05, 4.69) is 59.0 Å². The molecule has 0 radical (unpaired) electrons. The lowest BCUT2D eigenvalue weighted by Gasteiger charge is -2.21. The van der Waals surface area contributed by atoms with E-state index in [1.807, 2.05) is 11.3 Å². The van der Waals surface area contributed by atoms with Gasteiger partial charge in [0, 0.05) is 42.6 Å². The molecule has 0 aliphatic heterocycles. The van der Waals surface area contributed by atoms with Gasteiger partial charge in [0.1, 0.15) is 0 Å². The van der Waals surface area contributed by atoms with Gasteiger partial charge in [0.05, 0.1) is 5.01 Å². The van der Waals surface area contributed by atoms with Crippen molar-refractivity contribution < 1.29 is 0 Å². The van der Waals surface area contributed by atoms with E-state index < -0.39 is 0 Å². The molecule has 6 heteroatoms. The second kappa shape index (κ2) is 10.5. The zero-order valence-electron chi connectivity index (χ0n) is 14.9. The van der Waals surface area contributed by atoms with Crippen molar-refractivity contribution >= 4 is 28.6 Å². The van der Waals surface area contributed by atoms with Gasteiger partial charge >= 0.3 is 0 Å². The summed E-state index contributed by atoms with van der Waals surface area (Å²) in [5.41, 5.74) is 1.13. The predicted molar refractivity (Wildman–Crippen MR) is 106 cm³/mol. The molecule has 0 spiro atoms. The normalized spacial score (nSPS) is 11.7. The molecule has 0 saturated heterocycles. The molecule has 2 aromatic heterocycles. The topological polar surface area (TPSA) is 40.5 Å². The summed E-state index contributed by atoms with van der Waals surface area (Å²) in [6, 6.07) is 4.31. The summed E-state index contributed by atoms with van der Waals surface area (Å²) >= 11 is 3.59. The van der Waals surface area contributed by atoms with Crippen LogP contribution in [0.1, 0.15) is 35.3 Å². The average molecular weight is 365 g/mol. The predicted octanol–water partition coefficient (Wildman–Crippen LogP) is 3.98. The lowest BCUT2D eigenvalue weighted by molar-refractivity contribution is 0.486. The van der Waals surface area contributed by atoms with Gasteiger partial charge in [-0.05, 0) is 51.0 Å². The minimum atomic E-state index is 0.871. The largest absolute Gasteiger partial charge is 0.357 e. The second-order valence-electron chi connectivity index (χ2n) is 5.83. The van der Waals surface area contributed by atoms with Crippen LogP contribution in [0, 0.1) is 6.92 Å². The smallest absolute Gasteiger partial charge is 0.193 e. The molecule has 4 nitrogen and oxygen atoms in total. The standard InChI is InChI=1S/C18H28N4S2/c1-4-19-18(22(3)12-10-16-8-7-13-23-16)20-11-6-5-9-17-21-15(2)14-24-17/h7-8,13-14H,4-6,9-12H2,1-3H3,(H,19,20). The Morgan fingerprint density at radius 3 is 2.83 bits per heavy atom. The summed E-state index contributed by atoms with van der Waals surface area (Å²) < 4.78 is 0. The van der Waals surface area contributed by atoms with Crippen molar-refractivity contribution in [2.24, 2.45) is 4.99 Å². The molecule has 0 aromatic carbocycles. The van der Waals surface area contributed by atoms with Crippen molar-refractivity contribution in [1.29, 1.82) is 0 Å². The van der Waals surface area contributed by atoms with E-state index in [9.17, 15) is 0 Å². The lowest BCUT2D eigenvalue weighted by atomic mass is 10.2. The van der Waals surface area contributed by atoms with Gasteiger partial charge in [0.15, 0.2) is 5.96 Å². The quantitative estimate of drug-likeness (QED) is 0.416. The number of unbranched alkanes of at least 4 members (excludes halogenated alkanes) is 1. The summed E-state index contributed by atoms with van der Waals surface area (Å²) in [6.45, 7) is 6.94. The van der Waals surface area contributed by atoms with Crippen molar-refractivity contribution in [1.82, 2.24) is 15.2 Å². The van der Waals surface area contributed by atoms with Gasteiger partial charge in [-0.3, -0.25) is 4.99 Å². The fourth-order valence-electron chi connectivity index (χ4n) is 2.40. The van der Waals surface area contributed by atoms with Gasteiger partial charge in [0.2, 0.25) is 0 Å². The first-order valence-electron chi connectivity index (χ1n) is 8.62. The molecule has 0 fully saturated rings. The van der Waals surface area contributed by atoms with Crippen LogP contribution in [0.3, 0.4) is 0 Å². The van der Waals surface area contributed by atoms with Crippen LogP contribution in [0.2, 0.25) is 0 Å². The number of aliphatic imine (C=N–C) groups is 1. The Morgan fingerprint density at radius 2 is 2.17 bits per heavy atom. The summed E-state index contributed by atoms with van der Waals surface area (Å²) in [5, 5.41) is 8.90. The highest BCUT2D eigenvalue weighted by molar-refractivity contribution is 7.10. The number of thiophene rings is 1. The number of hydrogen-bond acceptors (Lipinski definition) is 4. The molecule has 0 aliphatic rings. The molecule has 24 heavy (non-hydrogen) atoms. The van der Waals surface area contributed by atoms with E-state index in [1.54, 1.807) is 11.3 Å². The first kappa shape index (κ1) is 18.9. The first-order valence-corrected chi connectivity index (χ1v) is 10.4. The van der Waals surface area contributed by atoms with Gasteiger partial charge in [-0.15, -0.1) is 22.7 Å². The van der Waals surface area contributed by atoms with Crippen molar-refractivity contribution in [3.8, 4) is 0 Å². The molecule has 0 saturated carbocycles. The molecule has 1 N–H and O–H groups in total. The first-order chi connectivity index (χ1) is 11.7. The number of guanidine groups is 1. The molecule has 0 amide bonds. The van der Waals surface area contributed by atoms with Crippen molar-refractivity contribution in [3.63, 3.8) is 0 Å². The monoisotopic (exact) mass is 364 g/mol. The van der Waals surface area contributed by atoms with E-state index in [0.717, 1.165) is 57.0 Å². The summed E-state index contributed by atoms with van der Waals surface area (Å²) in [7, 11) is 2.12. The Morgan fingerprint density at radius 1 is 1.29 bits per heavy atom. The third kappa shape index (κ3) is 6.61. The van der Waals surface area contributed by atoms with Crippen LogP contribution in [0.15, 0.2) is 27.9 Å². The zero-order chi connectivity index (χ0) is 17.2. The zero-order valence-corrected chi connectivity index (χ0v) is 16.6. The van der Waals surface area contributed by atoms with Crippen LogP contribution >= 0.6 is 22.7 Å². The molecule has 132 valence electrons. The van der Waals surface area contributed by atoms with Crippen molar-refractivity contribution in [3.05, 3.63) is 38.5 Å². The molecule has 2 heterocycles. The van der Waals surface area contributed by atoms with Crippen LogP contribution in [-0.2, 0) is 12.8 Å². The number of nitrogens with zero attached hydrogens (tertiary/aromatic N) is 3. The second-order valence-corrected chi connectivity index (χ2v) is 7.80. The third-order valence-corrected chi connectivity index (χ3v) is 5.66. The Hall–Kier alpha value is -1.40. The van der Waals surface area contributed by atoms with E-state index >= 15 is 0 Å². The highest BCUT2D eigenvalue weighted by atomic mass is 32.1. The fraction of sp³-hybridized carbons (Fsp3) is 0.556. The molecule has 0 bridgehead atoms. The molecule has 0 atom stereocenters. The summed E-state index contributed by atoms with van der Waals surface area (Å²) in [6.07, 6.45) is 4.39. The number of aryl methyl sites for hydroxylation is 2. The van der Waals surface area contributed by atoms with Crippen molar-refractivity contribution in [2.45, 2.75) is 39.5 Å². The molecule has 0 unspecified atom stereocenters. The van der Waals surface area contributed by atoms with Gasteiger partial charge in [-0.2, -0.15) is 0 Å². The van der Waals surface area contributed by atoms with Crippen LogP contribution in [0.25, 0.3) is 0 Å². The van der Waals surface area contributed by atoms with Gasteiger partial charge < -0.3 is 10.2 Å². The van der Waals surface area contributed by atoms with E-state index in [-0.39, 0.29) is 0 Å². The molecule has 0 aliphatic carbocycles. The number of likely N-dealkylation sites (N-methyl/N-ethyl adjacent to an activating group) is 1. The lowest BCUT2D eigenvalue weighted by Crippen LogP contribution is -2.40. The van der Waals surface area contributed by atoms with Gasteiger partial charge in [0.25, 0.3) is 0 Å². The summed E-state index contributed by atoms with van der Waals surface area (Å²) in [5.74, 6) is 1.01. The number of thiazole rings is 1. The minimum Gasteiger partial charge on any atom is -0.357 e. The van der Waals surface area contributed by atoms with E-state index in [0.29, 0.717) is 0 Å². The Kier molecular flexibility index (Phi) is 8.25. The highest BCUT2D eigenvalue weighted by Gasteiger charge is 2.06. The summed E-state index contributed by atoms with van der Waals surface area (Å²) in [4.78, 5) is 12.9. The Balaban J connectivity index is 1.72. The maximum atomic E-state index is 4.77. The van der Waals surface area contributed by atoms with Crippen LogP contribution in [0.4, 0.5) is 0 Å². The van der Waals surface area contributed by atoms with Crippen LogP contribution in [0.5, 0.6) is 0 Å². The fourth-order valence-corrected chi connectivity index (χ4v) is 3.92. The average Bonchev–Trinajstić information content (AvgIpc) is 3.23. The number of hydrogen-bond donors (Lipinski definition) is 1. The molecular formula is C18H28N4S2. The van der Waals surface area contributed by atoms with Crippen molar-refractivity contribution in [2.75, 3.05) is 26.7 Å². The Labute approximate surface area is 153 Å². The number of rotatable bonds is 9. The Bertz CT molecular complexity index is 604. The highest BCUT2D eigenvalue weighted by Crippen LogP contribution is 2.12. The van der Waals surface area contributed by atoms with E-state index in [1.165, 1.54) is 9.88 Å². The maximum absolute atomic E-state index is 4.77. The van der Waals surface area contributed by atoms with E-state index in [4.69, 9.17) is 4.99 Å².